The van der Waals surface area contributed by atoms with Gasteiger partial charge in [0.2, 0.25) is 5.91 Å². The summed E-state index contributed by atoms with van der Waals surface area (Å²) in [4.78, 5) is 23.7. The maximum absolute atomic E-state index is 12.4. The lowest BCUT2D eigenvalue weighted by Gasteiger charge is -2.40. The number of rotatable bonds is 8. The Bertz CT molecular complexity index is 1510. The Morgan fingerprint density at radius 3 is 2.76 bits per heavy atom. The number of nitrogens with one attached hydrogen (secondary N) is 3. The van der Waals surface area contributed by atoms with Gasteiger partial charge in [-0.25, -0.2) is 14.5 Å². The highest BCUT2D eigenvalue weighted by atomic mass is 16.4. The summed E-state index contributed by atoms with van der Waals surface area (Å²) in [6.07, 6.45) is 12.8. The van der Waals surface area contributed by atoms with Crippen LogP contribution < -0.4 is 20.9 Å². The van der Waals surface area contributed by atoms with Gasteiger partial charge in [-0.2, -0.15) is 5.10 Å². The van der Waals surface area contributed by atoms with E-state index in [2.05, 4.69) is 69.0 Å². The SMILES string of the molecule is CC(C)(C)CC(=O)Nc1cccc(-c2cnc(N[C@@H]3CCCCC3N[C@H]3CCCN(c4ccc5ncnn5c4)C3)o2)c1. The zero-order chi connectivity index (χ0) is 29.1. The molecular weight excluding hydrogens is 528 g/mol. The highest BCUT2D eigenvalue weighted by molar-refractivity contribution is 5.91. The van der Waals surface area contributed by atoms with E-state index < -0.39 is 0 Å². The van der Waals surface area contributed by atoms with E-state index in [0.717, 1.165) is 55.7 Å². The zero-order valence-electron chi connectivity index (χ0n) is 24.8. The predicted molar refractivity (Wildman–Crippen MR) is 166 cm³/mol. The third-order valence-corrected chi connectivity index (χ3v) is 8.20. The highest BCUT2D eigenvalue weighted by Crippen LogP contribution is 2.29. The van der Waals surface area contributed by atoms with Crippen molar-refractivity contribution in [1.82, 2.24) is 24.9 Å². The fraction of sp³-hybridized carbons (Fsp3) is 0.500. The van der Waals surface area contributed by atoms with E-state index >= 15 is 0 Å². The molecule has 1 amide bonds. The Hall–Kier alpha value is -3.92. The largest absolute Gasteiger partial charge is 0.424 e. The molecule has 6 rings (SSSR count). The number of pyridine rings is 1. The third kappa shape index (κ3) is 6.92. The first-order valence-electron chi connectivity index (χ1n) is 15.2. The number of fused-ring (bicyclic) bond motifs is 1. The molecule has 0 spiro atoms. The van der Waals surface area contributed by atoms with Gasteiger partial charge in [0.05, 0.1) is 18.1 Å². The van der Waals surface area contributed by atoms with Crippen molar-refractivity contribution >= 4 is 28.9 Å². The summed E-state index contributed by atoms with van der Waals surface area (Å²) in [5.74, 6) is 0.685. The molecule has 2 fully saturated rings. The number of nitrogens with zero attached hydrogens (tertiary/aromatic N) is 5. The second-order valence-corrected chi connectivity index (χ2v) is 12.9. The molecule has 4 heterocycles. The van der Waals surface area contributed by atoms with E-state index in [1.54, 1.807) is 12.5 Å². The number of carbonyl (C=O) groups excluding carboxylic acids is 1. The number of oxazole rings is 1. The summed E-state index contributed by atoms with van der Waals surface area (Å²) in [6.45, 7) is 8.19. The van der Waals surface area contributed by atoms with Gasteiger partial charge in [-0.3, -0.25) is 4.79 Å². The fourth-order valence-electron chi connectivity index (χ4n) is 6.22. The van der Waals surface area contributed by atoms with Crippen molar-refractivity contribution in [3.8, 4) is 11.3 Å². The number of aromatic nitrogens is 4. The molecule has 10 nitrogen and oxygen atoms in total. The Balaban J connectivity index is 1.08. The van der Waals surface area contributed by atoms with E-state index in [-0.39, 0.29) is 17.4 Å². The lowest BCUT2D eigenvalue weighted by molar-refractivity contribution is -0.117. The first-order chi connectivity index (χ1) is 20.3. The van der Waals surface area contributed by atoms with Gasteiger partial charge in [0.25, 0.3) is 6.01 Å². The van der Waals surface area contributed by atoms with Gasteiger partial charge < -0.3 is 25.3 Å². The molecule has 0 radical (unpaired) electrons. The second-order valence-electron chi connectivity index (χ2n) is 12.9. The van der Waals surface area contributed by atoms with Gasteiger partial charge in [0.1, 0.15) is 6.33 Å². The first-order valence-corrected chi connectivity index (χ1v) is 15.2. The van der Waals surface area contributed by atoms with Crippen LogP contribution in [0.25, 0.3) is 17.0 Å². The standard InChI is InChI=1S/C32H42N8O2/c1-32(2,3)17-30(41)37-23-9-6-8-22(16-23)28-18-33-31(42-28)38-27-12-5-4-11-26(27)36-24-10-7-15-39(19-24)25-13-14-29-34-21-35-40(29)20-25/h6,8-9,13-14,16,18,20-21,24,26-27,36H,4-5,7,10-12,15,17,19H2,1-3H3,(H,33,38)(H,37,41)/t24-,26?,27+/m0/s1. The van der Waals surface area contributed by atoms with Crippen molar-refractivity contribution in [2.24, 2.45) is 5.41 Å². The van der Waals surface area contributed by atoms with E-state index in [4.69, 9.17) is 4.42 Å². The molecule has 222 valence electrons. The highest BCUT2D eigenvalue weighted by Gasteiger charge is 2.30. The van der Waals surface area contributed by atoms with E-state index in [1.165, 1.54) is 18.5 Å². The maximum atomic E-state index is 12.4. The molecular formula is C32H42N8O2. The molecule has 2 aliphatic rings. The number of hydrogen-bond acceptors (Lipinski definition) is 8. The van der Waals surface area contributed by atoms with Crippen LogP contribution in [0.2, 0.25) is 0 Å². The van der Waals surface area contributed by atoms with Gasteiger partial charge in [0.15, 0.2) is 11.4 Å². The van der Waals surface area contributed by atoms with E-state index in [9.17, 15) is 4.79 Å². The van der Waals surface area contributed by atoms with Crippen LogP contribution in [0.15, 0.2) is 59.5 Å². The number of anilines is 3. The molecule has 1 aromatic carbocycles. The molecule has 0 bridgehead atoms. The Morgan fingerprint density at radius 2 is 1.90 bits per heavy atom. The summed E-state index contributed by atoms with van der Waals surface area (Å²) in [5.41, 5.74) is 3.62. The lowest BCUT2D eigenvalue weighted by Crippen LogP contribution is -2.54. The van der Waals surface area contributed by atoms with Gasteiger partial charge in [-0.05, 0) is 55.4 Å². The minimum Gasteiger partial charge on any atom is -0.424 e. The van der Waals surface area contributed by atoms with Crippen LogP contribution >= 0.6 is 0 Å². The van der Waals surface area contributed by atoms with Crippen LogP contribution in [0, 0.1) is 5.41 Å². The zero-order valence-corrected chi connectivity index (χ0v) is 24.8. The average molecular weight is 571 g/mol. The normalized spacial score (nSPS) is 21.4. The molecule has 3 atom stereocenters. The summed E-state index contributed by atoms with van der Waals surface area (Å²) in [6, 6.07) is 13.5. The smallest absolute Gasteiger partial charge is 0.295 e. The fourth-order valence-corrected chi connectivity index (χ4v) is 6.22. The third-order valence-electron chi connectivity index (χ3n) is 8.20. The summed E-state index contributed by atoms with van der Waals surface area (Å²) in [5, 5.41) is 14.9. The molecule has 3 aromatic heterocycles. The minimum atomic E-state index is -0.0666. The van der Waals surface area contributed by atoms with Crippen LogP contribution in [0.4, 0.5) is 17.4 Å². The van der Waals surface area contributed by atoms with Crippen LogP contribution in [-0.4, -0.2) is 56.7 Å². The van der Waals surface area contributed by atoms with Gasteiger partial charge >= 0.3 is 0 Å². The molecule has 3 N–H and O–H groups in total. The Kier molecular flexibility index (Phi) is 8.15. The van der Waals surface area contributed by atoms with Crippen molar-refractivity contribution in [2.45, 2.75) is 83.8 Å². The minimum absolute atomic E-state index is 0.00720. The van der Waals surface area contributed by atoms with Crippen molar-refractivity contribution in [1.29, 1.82) is 0 Å². The molecule has 42 heavy (non-hydrogen) atoms. The Labute approximate surface area is 247 Å². The quantitative estimate of drug-likeness (QED) is 0.246. The van der Waals surface area contributed by atoms with Crippen LogP contribution in [0.1, 0.15) is 65.7 Å². The molecule has 1 saturated carbocycles. The molecule has 10 heteroatoms. The summed E-state index contributed by atoms with van der Waals surface area (Å²) < 4.78 is 8.02. The van der Waals surface area contributed by atoms with Crippen LogP contribution in [0.5, 0.6) is 0 Å². The molecule has 1 unspecified atom stereocenters. The van der Waals surface area contributed by atoms with Gasteiger partial charge in [-0.15, -0.1) is 0 Å². The average Bonchev–Trinajstić information content (AvgIpc) is 3.63. The molecule has 4 aromatic rings. The number of amides is 1. The second kappa shape index (κ2) is 12.1. The molecule has 1 saturated heterocycles. The molecule has 1 aliphatic heterocycles. The Morgan fingerprint density at radius 1 is 1.05 bits per heavy atom. The van der Waals surface area contributed by atoms with Crippen molar-refractivity contribution in [3.05, 3.63) is 55.1 Å². The number of carbonyl (C=O) groups is 1. The number of piperidine rings is 1. The van der Waals surface area contributed by atoms with Crippen molar-refractivity contribution in [3.63, 3.8) is 0 Å². The number of hydrogen-bond donors (Lipinski definition) is 3. The van der Waals surface area contributed by atoms with Crippen molar-refractivity contribution in [2.75, 3.05) is 28.6 Å². The monoisotopic (exact) mass is 570 g/mol. The van der Waals surface area contributed by atoms with E-state index in [0.29, 0.717) is 30.3 Å². The first kappa shape index (κ1) is 28.2. The maximum Gasteiger partial charge on any atom is 0.295 e. The van der Waals surface area contributed by atoms with Crippen molar-refractivity contribution < 1.29 is 9.21 Å². The summed E-state index contributed by atoms with van der Waals surface area (Å²) >= 11 is 0. The van der Waals surface area contributed by atoms with Gasteiger partial charge in [-0.1, -0.05) is 45.7 Å². The van der Waals surface area contributed by atoms with E-state index in [1.807, 2.05) is 34.8 Å². The topological polar surface area (TPSA) is 113 Å². The van der Waals surface area contributed by atoms with Crippen LogP contribution in [0.3, 0.4) is 0 Å². The number of benzene rings is 1. The summed E-state index contributed by atoms with van der Waals surface area (Å²) in [7, 11) is 0. The lowest BCUT2D eigenvalue weighted by atomic mass is 9.89. The van der Waals surface area contributed by atoms with Crippen LogP contribution in [-0.2, 0) is 4.79 Å². The molecule has 1 aliphatic carbocycles. The predicted octanol–water partition coefficient (Wildman–Crippen LogP) is 5.74. The van der Waals surface area contributed by atoms with Gasteiger partial charge in [0, 0.05) is 48.9 Å².